The number of hydrogen-bond donors (Lipinski definition) is 0. The first kappa shape index (κ1) is 21.6. The van der Waals surface area contributed by atoms with E-state index < -0.39 is 18.9 Å². The molecule has 3 aliphatic carbocycles. The monoisotopic (exact) mass is 418 g/mol. The molecule has 1 saturated heterocycles. The van der Waals surface area contributed by atoms with Crippen LogP contribution in [0, 0.1) is 29.0 Å². The highest BCUT2D eigenvalue weighted by Crippen LogP contribution is 2.65. The fraction of sp³-hybridized carbons (Fsp3) is 0.696. The third kappa shape index (κ3) is 3.44. The lowest BCUT2D eigenvalue weighted by molar-refractivity contribution is -0.199. The number of methoxy groups -OCH3 is 1. The molecular weight excluding hydrogens is 386 g/mol. The maximum absolute atomic E-state index is 14.4. The Bertz CT molecular complexity index is 841. The fourth-order valence-electron chi connectivity index (χ4n) is 5.73. The van der Waals surface area contributed by atoms with Crippen molar-refractivity contribution in [2.75, 3.05) is 13.7 Å². The Labute approximate surface area is 178 Å². The first-order chi connectivity index (χ1) is 14.1. The predicted octanol–water partition coefficient (Wildman–Crippen LogP) is 4.46. The summed E-state index contributed by atoms with van der Waals surface area (Å²) in [5, 5.41) is 0. The molecule has 5 nitrogen and oxygen atoms in total. The number of carbonyl (C=O) groups is 1. The molecule has 0 amide bonds. The molecular formula is C23H32BFO5. The first-order valence-electron chi connectivity index (χ1n) is 10.9. The van der Waals surface area contributed by atoms with Gasteiger partial charge in [-0.1, -0.05) is 27.7 Å². The molecule has 1 heterocycles. The average molecular weight is 418 g/mol. The van der Waals surface area contributed by atoms with Crippen LogP contribution in [0.5, 0.6) is 5.75 Å². The van der Waals surface area contributed by atoms with Crippen molar-refractivity contribution >= 4 is 13.1 Å². The maximum Gasteiger partial charge on any atom is 0.462 e. The summed E-state index contributed by atoms with van der Waals surface area (Å²) in [5.74, 6) is 0.531. The zero-order valence-electron chi connectivity index (χ0n) is 18.8. The summed E-state index contributed by atoms with van der Waals surface area (Å²) < 4.78 is 37.9. The van der Waals surface area contributed by atoms with Crippen LogP contribution in [0.25, 0.3) is 0 Å². The van der Waals surface area contributed by atoms with Gasteiger partial charge in [-0.25, -0.2) is 9.18 Å². The summed E-state index contributed by atoms with van der Waals surface area (Å²) in [4.78, 5) is 12.5. The van der Waals surface area contributed by atoms with Gasteiger partial charge in [0, 0.05) is 6.32 Å². The molecule has 3 unspecified atom stereocenters. The predicted molar refractivity (Wildman–Crippen MR) is 112 cm³/mol. The normalized spacial score (nSPS) is 31.3. The highest BCUT2D eigenvalue weighted by Gasteiger charge is 2.67. The van der Waals surface area contributed by atoms with Gasteiger partial charge < -0.3 is 18.8 Å². The summed E-state index contributed by atoms with van der Waals surface area (Å²) in [6, 6.07) is 2.55. The van der Waals surface area contributed by atoms with Crippen molar-refractivity contribution in [3.8, 4) is 5.75 Å². The van der Waals surface area contributed by atoms with Gasteiger partial charge in [0.1, 0.15) is 17.1 Å². The maximum atomic E-state index is 14.4. The number of ether oxygens (including phenoxy) is 2. The average Bonchev–Trinajstić information content (AvgIpc) is 3.00. The van der Waals surface area contributed by atoms with E-state index in [1.54, 1.807) is 0 Å². The van der Waals surface area contributed by atoms with Gasteiger partial charge in [-0.05, 0) is 60.6 Å². The molecule has 1 aliphatic heterocycles. The lowest BCUT2D eigenvalue weighted by Crippen LogP contribution is -2.65. The largest absolute Gasteiger partial charge is 0.496 e. The second-order valence-corrected chi connectivity index (χ2v) is 10.2. The van der Waals surface area contributed by atoms with Crippen LogP contribution in [0.15, 0.2) is 12.1 Å². The van der Waals surface area contributed by atoms with E-state index in [0.29, 0.717) is 29.5 Å². The number of esters is 1. The van der Waals surface area contributed by atoms with Crippen molar-refractivity contribution in [1.82, 2.24) is 0 Å². The summed E-state index contributed by atoms with van der Waals surface area (Å²) >= 11 is 0. The van der Waals surface area contributed by atoms with E-state index >= 15 is 0 Å². The summed E-state index contributed by atoms with van der Waals surface area (Å²) in [6.45, 7) is 10.9. The molecule has 7 heteroatoms. The Kier molecular flexibility index (Phi) is 5.42. The van der Waals surface area contributed by atoms with E-state index in [1.807, 2.05) is 13.8 Å². The molecule has 0 N–H and O–H groups in total. The molecule has 0 radical (unpaired) electrons. The Hall–Kier alpha value is -1.60. The van der Waals surface area contributed by atoms with Gasteiger partial charge >= 0.3 is 13.1 Å². The van der Waals surface area contributed by atoms with Gasteiger partial charge in [0.05, 0.1) is 25.4 Å². The van der Waals surface area contributed by atoms with Crippen LogP contribution in [0.4, 0.5) is 4.39 Å². The minimum Gasteiger partial charge on any atom is -0.496 e. The molecule has 4 aliphatic rings. The van der Waals surface area contributed by atoms with Crippen molar-refractivity contribution in [3.63, 3.8) is 0 Å². The van der Waals surface area contributed by atoms with E-state index in [4.69, 9.17) is 18.8 Å². The van der Waals surface area contributed by atoms with E-state index in [2.05, 4.69) is 20.8 Å². The second-order valence-electron chi connectivity index (χ2n) is 10.2. The standard InChI is InChI=1S/C23H32BFO5/c1-13(2)12-28-21(26)17-10-16(25)7-14(20(17)27-6)11-24-29-19-9-15-8-18(22(15,3)4)23(19,5)30-24/h7,10,13,15,18-19H,8-9,11-12H2,1-6H3/t15?,18?,19?,23-/m0/s1. The number of halogens is 1. The molecule has 3 saturated carbocycles. The summed E-state index contributed by atoms with van der Waals surface area (Å²) in [7, 11) is 0.982. The molecule has 1 aromatic carbocycles. The van der Waals surface area contributed by atoms with Crippen LogP contribution < -0.4 is 4.74 Å². The lowest BCUT2D eigenvalue weighted by Gasteiger charge is -2.64. The van der Waals surface area contributed by atoms with Crippen LogP contribution in [-0.4, -0.2) is 38.5 Å². The molecule has 164 valence electrons. The van der Waals surface area contributed by atoms with Gasteiger partial charge in [-0.15, -0.1) is 0 Å². The van der Waals surface area contributed by atoms with E-state index in [-0.39, 0.29) is 35.2 Å². The minimum atomic E-state index is -0.585. The molecule has 1 aromatic rings. The van der Waals surface area contributed by atoms with Crippen molar-refractivity contribution in [2.24, 2.45) is 23.2 Å². The van der Waals surface area contributed by atoms with Gasteiger partial charge in [0.2, 0.25) is 0 Å². The van der Waals surface area contributed by atoms with Gasteiger partial charge in [-0.3, -0.25) is 0 Å². The van der Waals surface area contributed by atoms with E-state index in [9.17, 15) is 9.18 Å². The first-order valence-corrected chi connectivity index (χ1v) is 10.9. The zero-order valence-corrected chi connectivity index (χ0v) is 18.8. The van der Waals surface area contributed by atoms with Crippen LogP contribution in [-0.2, 0) is 20.4 Å². The van der Waals surface area contributed by atoms with Crippen molar-refractivity contribution in [3.05, 3.63) is 29.1 Å². The van der Waals surface area contributed by atoms with Gasteiger partial charge in [-0.2, -0.15) is 0 Å². The summed E-state index contributed by atoms with van der Waals surface area (Å²) in [5.41, 5.74) is 0.571. The Morgan fingerprint density at radius 1 is 1.30 bits per heavy atom. The molecule has 30 heavy (non-hydrogen) atoms. The lowest BCUT2D eigenvalue weighted by atomic mass is 9.43. The third-order valence-electron chi connectivity index (χ3n) is 7.49. The van der Waals surface area contributed by atoms with Crippen LogP contribution in [0.3, 0.4) is 0 Å². The van der Waals surface area contributed by atoms with E-state index in [1.165, 1.54) is 25.7 Å². The smallest absolute Gasteiger partial charge is 0.462 e. The number of benzene rings is 1. The van der Waals surface area contributed by atoms with Crippen molar-refractivity contribution in [1.29, 1.82) is 0 Å². The Morgan fingerprint density at radius 2 is 2.03 bits per heavy atom. The second kappa shape index (κ2) is 7.52. The number of rotatable bonds is 6. The van der Waals surface area contributed by atoms with E-state index in [0.717, 1.165) is 6.42 Å². The molecule has 4 atom stereocenters. The van der Waals surface area contributed by atoms with Crippen LogP contribution >= 0.6 is 0 Å². The highest BCUT2D eigenvalue weighted by molar-refractivity contribution is 6.45. The van der Waals surface area contributed by atoms with Crippen molar-refractivity contribution in [2.45, 2.75) is 65.5 Å². The highest BCUT2D eigenvalue weighted by atomic mass is 19.1. The van der Waals surface area contributed by atoms with Crippen LogP contribution in [0.1, 0.15) is 63.4 Å². The molecule has 0 aromatic heterocycles. The third-order valence-corrected chi connectivity index (χ3v) is 7.49. The topological polar surface area (TPSA) is 54.0 Å². The quantitative estimate of drug-likeness (QED) is 0.505. The fourth-order valence-corrected chi connectivity index (χ4v) is 5.73. The molecule has 5 rings (SSSR count). The molecule has 0 spiro atoms. The number of carbonyl (C=O) groups excluding carboxylic acids is 1. The van der Waals surface area contributed by atoms with Gasteiger partial charge in [0.25, 0.3) is 0 Å². The molecule has 2 bridgehead atoms. The zero-order chi connectivity index (χ0) is 21.8. The summed E-state index contributed by atoms with van der Waals surface area (Å²) in [6.07, 6.45) is 2.53. The van der Waals surface area contributed by atoms with Crippen LogP contribution in [0.2, 0.25) is 0 Å². The number of hydrogen-bond acceptors (Lipinski definition) is 5. The Balaban J connectivity index is 1.55. The Morgan fingerprint density at radius 3 is 2.67 bits per heavy atom. The SMILES string of the molecule is COc1c(CB2OC3CC4CC(C4(C)C)[C@]3(C)O2)cc(F)cc1C(=O)OCC(C)C. The minimum absolute atomic E-state index is 0.0503. The molecule has 4 fully saturated rings. The van der Waals surface area contributed by atoms with Crippen molar-refractivity contribution < 1.29 is 28.0 Å². The van der Waals surface area contributed by atoms with Gasteiger partial charge in [0.15, 0.2) is 0 Å².